The van der Waals surface area contributed by atoms with Crippen molar-refractivity contribution >= 4 is 17.5 Å². The highest BCUT2D eigenvalue weighted by molar-refractivity contribution is 6.39. The van der Waals surface area contributed by atoms with Gasteiger partial charge in [-0.25, -0.2) is 4.98 Å². The van der Waals surface area contributed by atoms with E-state index in [2.05, 4.69) is 41.4 Å². The van der Waals surface area contributed by atoms with Crippen LogP contribution in [0.15, 0.2) is 18.3 Å². The Hall–Kier alpha value is -2.15. The van der Waals surface area contributed by atoms with Gasteiger partial charge in [-0.1, -0.05) is 0 Å². The van der Waals surface area contributed by atoms with Gasteiger partial charge in [-0.2, -0.15) is 0 Å². The maximum Gasteiger partial charge on any atom is 0.313 e. The van der Waals surface area contributed by atoms with E-state index < -0.39 is 11.8 Å². The summed E-state index contributed by atoms with van der Waals surface area (Å²) in [6.45, 7) is 9.55. The van der Waals surface area contributed by atoms with Crippen LogP contribution in [0, 0.1) is 0 Å². The second kappa shape index (κ2) is 10.7. The number of carbonyl (C=O) groups is 2. The van der Waals surface area contributed by atoms with Crippen LogP contribution in [-0.2, 0) is 9.59 Å². The molecule has 0 radical (unpaired) electrons. The molecular weight excluding hydrogens is 320 g/mol. The van der Waals surface area contributed by atoms with E-state index >= 15 is 0 Å². The highest BCUT2D eigenvalue weighted by Gasteiger charge is 2.13. The molecule has 1 aromatic heterocycles. The normalized spacial score (nSPS) is 11.0. The van der Waals surface area contributed by atoms with Crippen molar-refractivity contribution in [2.75, 3.05) is 25.5 Å². The number of ether oxygens (including phenoxy) is 1. The van der Waals surface area contributed by atoms with E-state index in [9.17, 15) is 9.59 Å². The van der Waals surface area contributed by atoms with Crippen LogP contribution >= 0.6 is 0 Å². The first kappa shape index (κ1) is 20.9. The minimum atomic E-state index is -0.696. The lowest BCUT2D eigenvalue weighted by molar-refractivity contribution is -0.136. The van der Waals surface area contributed by atoms with Gasteiger partial charge < -0.3 is 20.3 Å². The first-order valence-corrected chi connectivity index (χ1v) is 8.71. The number of nitrogens with zero attached hydrogens (tertiary/aromatic N) is 2. The monoisotopic (exact) mass is 350 g/mol. The largest absolute Gasteiger partial charge is 0.475 e. The summed E-state index contributed by atoms with van der Waals surface area (Å²) < 4.78 is 5.42. The van der Waals surface area contributed by atoms with E-state index in [4.69, 9.17) is 4.74 Å². The van der Waals surface area contributed by atoms with Crippen LogP contribution in [0.1, 0.15) is 40.5 Å². The number of hydrogen-bond donors (Lipinski definition) is 2. The van der Waals surface area contributed by atoms with E-state index in [-0.39, 0.29) is 6.10 Å². The minimum Gasteiger partial charge on any atom is -0.475 e. The number of amides is 2. The Bertz CT molecular complexity index is 544. The van der Waals surface area contributed by atoms with Gasteiger partial charge in [0.2, 0.25) is 5.88 Å². The molecular formula is C18H30N4O3. The molecule has 0 spiro atoms. The van der Waals surface area contributed by atoms with Gasteiger partial charge in [-0.3, -0.25) is 9.59 Å². The Labute approximate surface area is 150 Å². The summed E-state index contributed by atoms with van der Waals surface area (Å²) in [5.74, 6) is -0.859. The van der Waals surface area contributed by atoms with Gasteiger partial charge >= 0.3 is 11.8 Å². The number of pyridine rings is 1. The van der Waals surface area contributed by atoms with Crippen molar-refractivity contribution in [2.24, 2.45) is 0 Å². The first-order chi connectivity index (χ1) is 11.8. The Morgan fingerprint density at radius 1 is 1.16 bits per heavy atom. The second-order valence-electron chi connectivity index (χ2n) is 6.54. The van der Waals surface area contributed by atoms with Gasteiger partial charge in [0.25, 0.3) is 0 Å². The van der Waals surface area contributed by atoms with E-state index in [0.717, 1.165) is 19.4 Å². The topological polar surface area (TPSA) is 83.6 Å². The highest BCUT2D eigenvalue weighted by Crippen LogP contribution is 2.12. The first-order valence-electron chi connectivity index (χ1n) is 8.71. The standard InChI is InChI=1S/C18H30N4O3/c1-13(2)22(5)11-7-6-10-19-17(23)18(24)21-15-8-9-16(20-12-15)25-14(3)4/h8-9,12-14H,6-7,10-11H2,1-5H3,(H,19,23)(H,21,24). The molecule has 0 aliphatic rings. The third-order valence-corrected chi connectivity index (χ3v) is 3.66. The van der Waals surface area contributed by atoms with Gasteiger partial charge in [0.05, 0.1) is 18.0 Å². The predicted octanol–water partition coefficient (Wildman–Crippen LogP) is 2.04. The Morgan fingerprint density at radius 3 is 2.44 bits per heavy atom. The second-order valence-corrected chi connectivity index (χ2v) is 6.54. The molecule has 7 heteroatoms. The van der Waals surface area contributed by atoms with Gasteiger partial charge in [0.1, 0.15) is 0 Å². The molecule has 1 heterocycles. The van der Waals surface area contributed by atoms with E-state index in [1.807, 2.05) is 13.8 Å². The van der Waals surface area contributed by atoms with Crippen molar-refractivity contribution in [3.05, 3.63) is 18.3 Å². The summed E-state index contributed by atoms with van der Waals surface area (Å²) in [5, 5.41) is 5.15. The molecule has 0 fully saturated rings. The SMILES string of the molecule is CC(C)Oc1ccc(NC(=O)C(=O)NCCCCN(C)C(C)C)cn1. The number of carbonyl (C=O) groups excluding carboxylic acids is 2. The summed E-state index contributed by atoms with van der Waals surface area (Å²) >= 11 is 0. The molecule has 0 aliphatic heterocycles. The molecule has 140 valence electrons. The molecule has 2 amide bonds. The highest BCUT2D eigenvalue weighted by atomic mass is 16.5. The number of unbranched alkanes of at least 4 members (excludes halogenated alkanes) is 1. The molecule has 0 unspecified atom stereocenters. The van der Waals surface area contributed by atoms with Crippen LogP contribution in [-0.4, -0.2) is 54.0 Å². The zero-order valence-electron chi connectivity index (χ0n) is 15.8. The number of rotatable bonds is 9. The predicted molar refractivity (Wildman–Crippen MR) is 98.6 cm³/mol. The Balaban J connectivity index is 2.29. The minimum absolute atomic E-state index is 0.0269. The number of aromatic nitrogens is 1. The van der Waals surface area contributed by atoms with Crippen molar-refractivity contribution < 1.29 is 14.3 Å². The van der Waals surface area contributed by atoms with Crippen LogP contribution in [0.3, 0.4) is 0 Å². The van der Waals surface area contributed by atoms with E-state index in [1.165, 1.54) is 6.20 Å². The summed E-state index contributed by atoms with van der Waals surface area (Å²) in [6, 6.07) is 3.81. The molecule has 1 rings (SSSR count). The average Bonchev–Trinajstić information content (AvgIpc) is 2.55. The molecule has 2 N–H and O–H groups in total. The lowest BCUT2D eigenvalue weighted by Gasteiger charge is -2.20. The fraction of sp³-hybridized carbons (Fsp3) is 0.611. The van der Waals surface area contributed by atoms with Crippen molar-refractivity contribution in [1.82, 2.24) is 15.2 Å². The number of hydrogen-bond acceptors (Lipinski definition) is 5. The van der Waals surface area contributed by atoms with Crippen molar-refractivity contribution in [2.45, 2.75) is 52.7 Å². The molecule has 1 aromatic rings. The third-order valence-electron chi connectivity index (χ3n) is 3.66. The average molecular weight is 350 g/mol. The fourth-order valence-corrected chi connectivity index (χ4v) is 1.98. The van der Waals surface area contributed by atoms with Crippen LogP contribution in [0.5, 0.6) is 5.88 Å². The van der Waals surface area contributed by atoms with Gasteiger partial charge in [0.15, 0.2) is 0 Å². The van der Waals surface area contributed by atoms with E-state index in [1.54, 1.807) is 12.1 Å². The summed E-state index contributed by atoms with van der Waals surface area (Å²) in [4.78, 5) is 30.0. The zero-order chi connectivity index (χ0) is 18.8. The molecule has 7 nitrogen and oxygen atoms in total. The van der Waals surface area contributed by atoms with Crippen LogP contribution in [0.4, 0.5) is 5.69 Å². The van der Waals surface area contributed by atoms with Crippen molar-refractivity contribution in [3.63, 3.8) is 0 Å². The molecule has 25 heavy (non-hydrogen) atoms. The van der Waals surface area contributed by atoms with Crippen molar-refractivity contribution in [3.8, 4) is 5.88 Å². The molecule has 0 bridgehead atoms. The maximum atomic E-state index is 11.8. The van der Waals surface area contributed by atoms with E-state index in [0.29, 0.717) is 24.2 Å². The lowest BCUT2D eigenvalue weighted by Crippen LogP contribution is -2.36. The molecule has 0 saturated heterocycles. The van der Waals surface area contributed by atoms with Crippen LogP contribution in [0.2, 0.25) is 0 Å². The smallest absolute Gasteiger partial charge is 0.313 e. The van der Waals surface area contributed by atoms with Gasteiger partial charge in [-0.05, 0) is 60.2 Å². The maximum absolute atomic E-state index is 11.8. The fourth-order valence-electron chi connectivity index (χ4n) is 1.98. The lowest BCUT2D eigenvalue weighted by atomic mass is 10.2. The van der Waals surface area contributed by atoms with Crippen LogP contribution in [0.25, 0.3) is 0 Å². The zero-order valence-corrected chi connectivity index (χ0v) is 15.8. The van der Waals surface area contributed by atoms with Crippen LogP contribution < -0.4 is 15.4 Å². The summed E-state index contributed by atoms with van der Waals surface area (Å²) in [5.41, 5.74) is 0.454. The summed E-state index contributed by atoms with van der Waals surface area (Å²) in [7, 11) is 2.07. The third kappa shape index (κ3) is 8.49. The van der Waals surface area contributed by atoms with Gasteiger partial charge in [-0.15, -0.1) is 0 Å². The Kier molecular flexibility index (Phi) is 8.91. The molecule has 0 aromatic carbocycles. The summed E-state index contributed by atoms with van der Waals surface area (Å²) in [6.07, 6.45) is 3.29. The molecule has 0 saturated carbocycles. The number of nitrogens with one attached hydrogen (secondary N) is 2. The number of anilines is 1. The quantitative estimate of drug-likeness (QED) is 0.526. The molecule has 0 atom stereocenters. The molecule has 0 aliphatic carbocycles. The van der Waals surface area contributed by atoms with Crippen molar-refractivity contribution in [1.29, 1.82) is 0 Å². The van der Waals surface area contributed by atoms with Gasteiger partial charge in [0, 0.05) is 18.7 Å². The Morgan fingerprint density at radius 2 is 1.88 bits per heavy atom.